The predicted molar refractivity (Wildman–Crippen MR) is 55.6 cm³/mol. The number of amides is 1. The molecule has 82 valence electrons. The highest BCUT2D eigenvalue weighted by molar-refractivity contribution is 5.78. The topological polar surface area (TPSA) is 49.3 Å². The lowest BCUT2D eigenvalue weighted by Crippen LogP contribution is -2.42. The molecule has 0 aromatic heterocycles. The summed E-state index contributed by atoms with van der Waals surface area (Å²) in [5.41, 5.74) is 0. The van der Waals surface area contributed by atoms with Crippen molar-refractivity contribution in [3.8, 4) is 0 Å². The van der Waals surface area contributed by atoms with Crippen LogP contribution in [0.15, 0.2) is 0 Å². The molecule has 1 amide bonds. The van der Waals surface area contributed by atoms with Gasteiger partial charge < -0.3 is 10.4 Å². The van der Waals surface area contributed by atoms with E-state index in [0.29, 0.717) is 0 Å². The van der Waals surface area contributed by atoms with Crippen molar-refractivity contribution in [1.82, 2.24) is 5.32 Å². The van der Waals surface area contributed by atoms with Crippen LogP contribution in [0.1, 0.15) is 46.0 Å². The second kappa shape index (κ2) is 5.35. The molecule has 0 aliphatic heterocycles. The minimum Gasteiger partial charge on any atom is -0.373 e. The fourth-order valence-corrected chi connectivity index (χ4v) is 1.80. The maximum atomic E-state index is 11.6. The summed E-state index contributed by atoms with van der Waals surface area (Å²) in [7, 11) is 0. The monoisotopic (exact) mass is 199 g/mol. The number of hydrogen-bond donors (Lipinski definition) is 2. The Morgan fingerprint density at radius 3 is 2.36 bits per heavy atom. The molecule has 1 atom stereocenters. The Hall–Kier alpha value is -0.570. The van der Waals surface area contributed by atoms with Gasteiger partial charge in [-0.25, -0.2) is 0 Å². The van der Waals surface area contributed by atoms with E-state index >= 15 is 0 Å². The molecule has 1 rings (SSSR count). The van der Waals surface area contributed by atoms with Crippen LogP contribution in [0.4, 0.5) is 0 Å². The van der Waals surface area contributed by atoms with Gasteiger partial charge in [0.05, 0.1) is 0 Å². The summed E-state index contributed by atoms with van der Waals surface area (Å²) in [5, 5.41) is 12.2. The minimum atomic E-state index is -0.690. The molecule has 0 bridgehead atoms. The molecule has 2 N–H and O–H groups in total. The van der Waals surface area contributed by atoms with E-state index in [0.717, 1.165) is 25.7 Å². The van der Waals surface area contributed by atoms with Crippen LogP contribution in [0.25, 0.3) is 0 Å². The number of hydrogen-bond acceptors (Lipinski definition) is 2. The molecule has 3 nitrogen and oxygen atoms in total. The number of nitrogens with one attached hydrogen (secondary N) is 1. The highest BCUT2D eigenvalue weighted by atomic mass is 16.3. The molecule has 3 heteroatoms. The van der Waals surface area contributed by atoms with Gasteiger partial charge in [0, 0.05) is 5.92 Å². The average Bonchev–Trinajstić information content (AvgIpc) is 2.19. The van der Waals surface area contributed by atoms with E-state index in [1.165, 1.54) is 6.42 Å². The van der Waals surface area contributed by atoms with Crippen molar-refractivity contribution < 1.29 is 9.90 Å². The third kappa shape index (κ3) is 3.29. The van der Waals surface area contributed by atoms with Crippen molar-refractivity contribution in [3.05, 3.63) is 0 Å². The summed E-state index contributed by atoms with van der Waals surface area (Å²) < 4.78 is 0. The number of rotatable bonds is 3. The van der Waals surface area contributed by atoms with Gasteiger partial charge in [-0.15, -0.1) is 0 Å². The van der Waals surface area contributed by atoms with Crippen molar-refractivity contribution >= 4 is 5.91 Å². The summed E-state index contributed by atoms with van der Waals surface area (Å²) in [4.78, 5) is 11.6. The molecule has 1 saturated carbocycles. The molecular weight excluding hydrogens is 178 g/mol. The van der Waals surface area contributed by atoms with Gasteiger partial charge in [-0.05, 0) is 18.8 Å². The molecule has 0 aromatic carbocycles. The first-order valence-electron chi connectivity index (χ1n) is 5.59. The molecule has 1 aliphatic rings. The van der Waals surface area contributed by atoms with Crippen molar-refractivity contribution in [3.63, 3.8) is 0 Å². The lowest BCUT2D eigenvalue weighted by Gasteiger charge is -2.24. The fraction of sp³-hybridized carbons (Fsp3) is 0.909. The van der Waals surface area contributed by atoms with Crippen LogP contribution >= 0.6 is 0 Å². The van der Waals surface area contributed by atoms with Crippen LogP contribution in [0.2, 0.25) is 0 Å². The van der Waals surface area contributed by atoms with Crippen LogP contribution in [-0.2, 0) is 4.79 Å². The van der Waals surface area contributed by atoms with E-state index in [9.17, 15) is 9.90 Å². The van der Waals surface area contributed by atoms with Gasteiger partial charge in [-0.1, -0.05) is 33.1 Å². The van der Waals surface area contributed by atoms with Gasteiger partial charge in [-0.3, -0.25) is 4.79 Å². The SMILES string of the molecule is CC(C)C(O)NC(=O)C1CCCCC1. The van der Waals surface area contributed by atoms with Gasteiger partial charge in [0.1, 0.15) is 6.23 Å². The van der Waals surface area contributed by atoms with Gasteiger partial charge in [0.25, 0.3) is 0 Å². The number of carbonyl (C=O) groups is 1. The Kier molecular flexibility index (Phi) is 4.39. The number of aliphatic hydroxyl groups is 1. The van der Waals surface area contributed by atoms with E-state index in [1.807, 2.05) is 13.8 Å². The average molecular weight is 199 g/mol. The Bertz CT molecular complexity index is 186. The first-order chi connectivity index (χ1) is 6.61. The largest absolute Gasteiger partial charge is 0.373 e. The second-order valence-electron chi connectivity index (χ2n) is 4.53. The normalized spacial score (nSPS) is 20.9. The highest BCUT2D eigenvalue weighted by Gasteiger charge is 2.23. The Labute approximate surface area is 85.9 Å². The molecular formula is C11H21NO2. The lowest BCUT2D eigenvalue weighted by atomic mass is 9.88. The van der Waals surface area contributed by atoms with Gasteiger partial charge >= 0.3 is 0 Å². The number of aliphatic hydroxyl groups excluding tert-OH is 1. The lowest BCUT2D eigenvalue weighted by molar-refractivity contribution is -0.129. The quantitative estimate of drug-likeness (QED) is 0.679. The predicted octanol–water partition coefficient (Wildman–Crippen LogP) is 1.66. The third-order valence-corrected chi connectivity index (χ3v) is 2.90. The van der Waals surface area contributed by atoms with E-state index in [-0.39, 0.29) is 17.7 Å². The summed E-state index contributed by atoms with van der Waals surface area (Å²) in [5.74, 6) is 0.255. The van der Waals surface area contributed by atoms with Gasteiger partial charge in [0.15, 0.2) is 0 Å². The summed E-state index contributed by atoms with van der Waals surface area (Å²) in [6.07, 6.45) is 4.82. The molecule has 1 aliphatic carbocycles. The molecule has 0 aromatic rings. The fourth-order valence-electron chi connectivity index (χ4n) is 1.80. The van der Waals surface area contributed by atoms with Crippen LogP contribution in [0.5, 0.6) is 0 Å². The first-order valence-corrected chi connectivity index (χ1v) is 5.59. The summed E-state index contributed by atoms with van der Waals surface area (Å²) in [6, 6.07) is 0. The summed E-state index contributed by atoms with van der Waals surface area (Å²) in [6.45, 7) is 3.79. The van der Waals surface area contributed by atoms with Crippen molar-refractivity contribution in [2.75, 3.05) is 0 Å². The van der Waals surface area contributed by atoms with Crippen LogP contribution in [0, 0.1) is 11.8 Å². The van der Waals surface area contributed by atoms with E-state index in [1.54, 1.807) is 0 Å². The maximum Gasteiger partial charge on any atom is 0.225 e. The van der Waals surface area contributed by atoms with Crippen molar-refractivity contribution in [1.29, 1.82) is 0 Å². The highest BCUT2D eigenvalue weighted by Crippen LogP contribution is 2.23. The third-order valence-electron chi connectivity index (χ3n) is 2.90. The second-order valence-corrected chi connectivity index (χ2v) is 4.53. The van der Waals surface area contributed by atoms with E-state index in [2.05, 4.69) is 5.32 Å². The Morgan fingerprint density at radius 2 is 1.86 bits per heavy atom. The zero-order chi connectivity index (χ0) is 10.6. The van der Waals surface area contributed by atoms with Crippen molar-refractivity contribution in [2.45, 2.75) is 52.2 Å². The zero-order valence-electron chi connectivity index (χ0n) is 9.12. The Balaban J connectivity index is 2.33. The molecule has 0 heterocycles. The summed E-state index contributed by atoms with van der Waals surface area (Å²) >= 11 is 0. The smallest absolute Gasteiger partial charge is 0.225 e. The van der Waals surface area contributed by atoms with E-state index in [4.69, 9.17) is 0 Å². The van der Waals surface area contributed by atoms with Crippen LogP contribution in [0.3, 0.4) is 0 Å². The standard InChI is InChI=1S/C11H21NO2/c1-8(2)10(13)12-11(14)9-6-4-3-5-7-9/h8-10,13H,3-7H2,1-2H3,(H,12,14). The molecule has 14 heavy (non-hydrogen) atoms. The Morgan fingerprint density at radius 1 is 1.29 bits per heavy atom. The first kappa shape index (κ1) is 11.5. The van der Waals surface area contributed by atoms with Gasteiger partial charge in [0.2, 0.25) is 5.91 Å². The molecule has 0 saturated heterocycles. The molecule has 1 unspecified atom stereocenters. The van der Waals surface area contributed by atoms with Gasteiger partial charge in [-0.2, -0.15) is 0 Å². The molecule has 0 radical (unpaired) electrons. The zero-order valence-corrected chi connectivity index (χ0v) is 9.12. The molecule has 1 fully saturated rings. The maximum absolute atomic E-state index is 11.6. The van der Waals surface area contributed by atoms with Crippen molar-refractivity contribution in [2.24, 2.45) is 11.8 Å². The molecule has 0 spiro atoms. The van der Waals surface area contributed by atoms with E-state index < -0.39 is 6.23 Å². The minimum absolute atomic E-state index is 0.0332. The van der Waals surface area contributed by atoms with Crippen LogP contribution in [-0.4, -0.2) is 17.2 Å². The van der Waals surface area contributed by atoms with Crippen LogP contribution < -0.4 is 5.32 Å². The number of carbonyl (C=O) groups excluding carboxylic acids is 1.